The van der Waals surface area contributed by atoms with E-state index >= 15 is 0 Å². The van der Waals surface area contributed by atoms with Gasteiger partial charge < -0.3 is 5.73 Å². The van der Waals surface area contributed by atoms with Crippen LogP contribution in [0.15, 0.2) is 9.59 Å². The molecule has 0 bridgehead atoms. The maximum absolute atomic E-state index is 12.4. The zero-order chi connectivity index (χ0) is 15.6. The highest BCUT2D eigenvalue weighted by molar-refractivity contribution is 6.01. The third-order valence-electron chi connectivity index (χ3n) is 4.12. The second-order valence-electron chi connectivity index (χ2n) is 5.50. The van der Waals surface area contributed by atoms with Gasteiger partial charge in [-0.05, 0) is 33.2 Å². The minimum Gasteiger partial charge on any atom is -0.384 e. The first-order valence-electron chi connectivity index (χ1n) is 7.35. The Hall–Kier alpha value is -1.89. The van der Waals surface area contributed by atoms with Gasteiger partial charge in [-0.1, -0.05) is 6.42 Å². The fraction of sp³-hybridized carbons (Fsp3) is 0.643. The molecule has 3 N–H and O–H groups in total. The molecule has 1 saturated heterocycles. The topological polar surface area (TPSA) is 101 Å². The normalized spacial score (nSPS) is 19.6. The number of likely N-dealkylation sites (tertiary alicyclic amines) is 1. The maximum atomic E-state index is 12.4. The molecule has 0 saturated carbocycles. The third-order valence-corrected chi connectivity index (χ3v) is 4.12. The first-order chi connectivity index (χ1) is 9.95. The Morgan fingerprint density at radius 3 is 2.71 bits per heavy atom. The van der Waals surface area contributed by atoms with Crippen LogP contribution in [0.3, 0.4) is 0 Å². The predicted octanol–water partition coefficient (Wildman–Crippen LogP) is 0.196. The lowest BCUT2D eigenvalue weighted by Crippen LogP contribution is -2.43. The predicted molar refractivity (Wildman–Crippen MR) is 80.6 cm³/mol. The molecule has 0 spiro atoms. The van der Waals surface area contributed by atoms with Crippen LogP contribution in [0.4, 0.5) is 5.82 Å². The Kier molecular flexibility index (Phi) is 4.62. The van der Waals surface area contributed by atoms with Crippen molar-refractivity contribution in [2.45, 2.75) is 45.7 Å². The number of piperidine rings is 1. The minimum atomic E-state index is -0.697. The summed E-state index contributed by atoms with van der Waals surface area (Å²) in [6.07, 6.45) is 3.26. The smallest absolute Gasteiger partial charge is 0.329 e. The quantitative estimate of drug-likeness (QED) is 0.772. The highest BCUT2D eigenvalue weighted by Gasteiger charge is 2.25. The van der Waals surface area contributed by atoms with E-state index in [1.807, 2.05) is 0 Å². The van der Waals surface area contributed by atoms with Gasteiger partial charge in [0.05, 0.1) is 6.54 Å². The number of Topliss-reactive ketones (excluding diaryl/α,β-unsaturated/α-hetero) is 1. The molecule has 0 aliphatic carbocycles. The van der Waals surface area contributed by atoms with E-state index in [0.29, 0.717) is 12.6 Å². The minimum absolute atomic E-state index is 0.0408. The number of nitrogens with one attached hydrogen (secondary N) is 1. The second-order valence-corrected chi connectivity index (χ2v) is 5.50. The Morgan fingerprint density at radius 2 is 2.10 bits per heavy atom. The summed E-state index contributed by atoms with van der Waals surface area (Å²) in [5.41, 5.74) is 4.46. The van der Waals surface area contributed by atoms with E-state index in [9.17, 15) is 14.4 Å². The number of rotatable bonds is 4. The van der Waals surface area contributed by atoms with Gasteiger partial charge in [0.1, 0.15) is 11.4 Å². The van der Waals surface area contributed by atoms with Crippen molar-refractivity contribution in [1.82, 2.24) is 14.5 Å². The van der Waals surface area contributed by atoms with Crippen molar-refractivity contribution >= 4 is 11.6 Å². The van der Waals surface area contributed by atoms with Gasteiger partial charge >= 0.3 is 5.69 Å². The Labute approximate surface area is 122 Å². The number of hydrogen-bond donors (Lipinski definition) is 2. The van der Waals surface area contributed by atoms with Crippen molar-refractivity contribution < 1.29 is 4.79 Å². The fourth-order valence-corrected chi connectivity index (χ4v) is 2.83. The molecular formula is C14H22N4O3. The number of hydrogen-bond acceptors (Lipinski definition) is 5. The van der Waals surface area contributed by atoms with E-state index in [-0.39, 0.29) is 23.7 Å². The molecule has 116 valence electrons. The summed E-state index contributed by atoms with van der Waals surface area (Å²) in [6.45, 7) is 5.13. The van der Waals surface area contributed by atoms with Crippen LogP contribution in [0.25, 0.3) is 0 Å². The lowest BCUT2D eigenvalue weighted by Gasteiger charge is -2.32. The van der Waals surface area contributed by atoms with E-state index in [1.165, 1.54) is 4.57 Å². The van der Waals surface area contributed by atoms with Crippen LogP contribution in [-0.4, -0.2) is 39.4 Å². The molecule has 2 rings (SSSR count). The second kappa shape index (κ2) is 6.26. The van der Waals surface area contributed by atoms with Gasteiger partial charge in [-0.2, -0.15) is 0 Å². The number of H-pyrrole nitrogens is 1. The van der Waals surface area contributed by atoms with Crippen LogP contribution in [0.1, 0.15) is 43.5 Å². The lowest BCUT2D eigenvalue weighted by molar-refractivity contribution is 0.0859. The molecule has 0 aromatic carbocycles. The summed E-state index contributed by atoms with van der Waals surface area (Å²) in [4.78, 5) is 40.2. The van der Waals surface area contributed by atoms with Crippen LogP contribution in [-0.2, 0) is 6.54 Å². The Morgan fingerprint density at radius 1 is 1.38 bits per heavy atom. The SMILES string of the molecule is CCn1c(N)c(C(=O)CN2CCCC[C@@H]2C)c(=O)[nH]c1=O. The van der Waals surface area contributed by atoms with Crippen molar-refractivity contribution in [2.24, 2.45) is 0 Å². The van der Waals surface area contributed by atoms with Gasteiger partial charge in [0.25, 0.3) is 5.56 Å². The first kappa shape index (κ1) is 15.5. The molecule has 1 aromatic heterocycles. The molecule has 7 heteroatoms. The van der Waals surface area contributed by atoms with Gasteiger partial charge in [0, 0.05) is 12.6 Å². The summed E-state index contributed by atoms with van der Waals surface area (Å²) in [7, 11) is 0. The highest BCUT2D eigenvalue weighted by Crippen LogP contribution is 2.17. The average molecular weight is 294 g/mol. The van der Waals surface area contributed by atoms with E-state index in [0.717, 1.165) is 25.8 Å². The first-order valence-corrected chi connectivity index (χ1v) is 7.35. The number of carbonyl (C=O) groups is 1. The third kappa shape index (κ3) is 3.07. The van der Waals surface area contributed by atoms with E-state index in [4.69, 9.17) is 5.73 Å². The number of ketones is 1. The molecule has 2 heterocycles. The van der Waals surface area contributed by atoms with E-state index in [1.54, 1.807) is 6.92 Å². The summed E-state index contributed by atoms with van der Waals surface area (Å²) >= 11 is 0. The van der Waals surface area contributed by atoms with Gasteiger partial charge in [0.2, 0.25) is 0 Å². The monoisotopic (exact) mass is 294 g/mol. The lowest BCUT2D eigenvalue weighted by atomic mass is 10.0. The maximum Gasteiger partial charge on any atom is 0.329 e. The number of aromatic nitrogens is 2. The number of nitrogen functional groups attached to an aromatic ring is 1. The zero-order valence-electron chi connectivity index (χ0n) is 12.5. The molecule has 1 fully saturated rings. The largest absolute Gasteiger partial charge is 0.384 e. The van der Waals surface area contributed by atoms with Crippen molar-refractivity contribution in [3.05, 3.63) is 26.4 Å². The van der Waals surface area contributed by atoms with Crippen molar-refractivity contribution in [1.29, 1.82) is 0 Å². The molecular weight excluding hydrogens is 272 g/mol. The molecule has 0 radical (unpaired) electrons. The van der Waals surface area contributed by atoms with Crippen molar-refractivity contribution in [2.75, 3.05) is 18.8 Å². The molecule has 1 aliphatic heterocycles. The number of aromatic amines is 1. The summed E-state index contributed by atoms with van der Waals surface area (Å²) in [5.74, 6) is -0.370. The van der Waals surface area contributed by atoms with Crippen LogP contribution in [0.5, 0.6) is 0 Å². The average Bonchev–Trinajstić information content (AvgIpc) is 2.41. The number of nitrogens with zero attached hydrogens (tertiary/aromatic N) is 2. The molecule has 21 heavy (non-hydrogen) atoms. The van der Waals surface area contributed by atoms with Crippen LogP contribution in [0.2, 0.25) is 0 Å². The van der Waals surface area contributed by atoms with Crippen LogP contribution in [0, 0.1) is 0 Å². The van der Waals surface area contributed by atoms with Crippen molar-refractivity contribution in [3.8, 4) is 0 Å². The molecule has 0 unspecified atom stereocenters. The van der Waals surface area contributed by atoms with E-state index < -0.39 is 11.2 Å². The van der Waals surface area contributed by atoms with Gasteiger partial charge in [-0.3, -0.25) is 24.0 Å². The number of carbonyl (C=O) groups excluding carboxylic acids is 1. The standard InChI is InChI=1S/C14H22N4O3/c1-3-18-12(15)11(13(20)16-14(18)21)10(19)8-17-7-5-4-6-9(17)2/h9H,3-8,15H2,1-2H3,(H,16,20,21)/t9-/m0/s1. The molecule has 7 nitrogen and oxygen atoms in total. The Balaban J connectivity index is 2.31. The van der Waals surface area contributed by atoms with Crippen LogP contribution < -0.4 is 17.0 Å². The van der Waals surface area contributed by atoms with Gasteiger partial charge in [-0.25, -0.2) is 4.79 Å². The molecule has 0 amide bonds. The number of anilines is 1. The van der Waals surface area contributed by atoms with Crippen LogP contribution >= 0.6 is 0 Å². The molecule has 1 aromatic rings. The fourth-order valence-electron chi connectivity index (χ4n) is 2.83. The molecule has 1 atom stereocenters. The highest BCUT2D eigenvalue weighted by atomic mass is 16.2. The molecule has 1 aliphatic rings. The Bertz CT molecular complexity index is 647. The summed E-state index contributed by atoms with van der Waals surface area (Å²) < 4.78 is 1.20. The summed E-state index contributed by atoms with van der Waals surface area (Å²) in [5, 5.41) is 0. The summed E-state index contributed by atoms with van der Waals surface area (Å²) in [6, 6.07) is 0.320. The van der Waals surface area contributed by atoms with E-state index in [2.05, 4.69) is 16.8 Å². The van der Waals surface area contributed by atoms with Crippen molar-refractivity contribution in [3.63, 3.8) is 0 Å². The van der Waals surface area contributed by atoms with Gasteiger partial charge in [-0.15, -0.1) is 0 Å². The zero-order valence-corrected chi connectivity index (χ0v) is 12.5. The van der Waals surface area contributed by atoms with Gasteiger partial charge in [0.15, 0.2) is 5.78 Å². The number of nitrogens with two attached hydrogens (primary N) is 1.